The number of nitrogens with two attached hydrogens (primary N) is 1. The minimum Gasteiger partial charge on any atom is -0.396 e. The molecule has 3 N–H and O–H groups in total. The Balaban J connectivity index is 2.66. The number of aromatic nitrogens is 2. The van der Waals surface area contributed by atoms with Crippen LogP contribution in [0.25, 0.3) is 0 Å². The number of rotatable bonds is 6. The lowest BCUT2D eigenvalue weighted by atomic mass is 10.3. The van der Waals surface area contributed by atoms with Crippen molar-refractivity contribution in [3.05, 3.63) is 11.9 Å². The first-order chi connectivity index (χ1) is 8.10. The van der Waals surface area contributed by atoms with Gasteiger partial charge in [-0.1, -0.05) is 0 Å². The largest absolute Gasteiger partial charge is 0.396 e. The summed E-state index contributed by atoms with van der Waals surface area (Å²) >= 11 is 0. The van der Waals surface area contributed by atoms with Gasteiger partial charge in [0.15, 0.2) is 0 Å². The third-order valence-corrected chi connectivity index (χ3v) is 2.33. The van der Waals surface area contributed by atoms with E-state index in [4.69, 9.17) is 10.5 Å². The van der Waals surface area contributed by atoms with Gasteiger partial charge in [0.2, 0.25) is 0 Å². The van der Waals surface area contributed by atoms with Crippen molar-refractivity contribution in [1.82, 2.24) is 15.1 Å². The highest BCUT2D eigenvalue weighted by molar-refractivity contribution is 5.97. The Hall–Kier alpha value is -1.56. The lowest BCUT2D eigenvalue weighted by molar-refractivity contribution is 0.0863. The molecule has 96 valence electrons. The van der Waals surface area contributed by atoms with Gasteiger partial charge in [0.25, 0.3) is 5.91 Å². The Morgan fingerprint density at radius 1 is 1.65 bits per heavy atom. The van der Waals surface area contributed by atoms with Crippen LogP contribution in [-0.4, -0.2) is 34.9 Å². The number of ether oxygens (including phenoxy) is 1. The highest BCUT2D eigenvalue weighted by atomic mass is 16.5. The molecule has 1 unspecified atom stereocenters. The molecule has 0 saturated heterocycles. The molecule has 0 aliphatic heterocycles. The minimum atomic E-state index is -0.214. The molecule has 0 spiro atoms. The molecule has 1 atom stereocenters. The summed E-state index contributed by atoms with van der Waals surface area (Å²) in [5, 5.41) is 6.85. The van der Waals surface area contributed by atoms with Crippen LogP contribution in [-0.2, 0) is 11.3 Å². The van der Waals surface area contributed by atoms with Crippen LogP contribution >= 0.6 is 0 Å². The van der Waals surface area contributed by atoms with Gasteiger partial charge < -0.3 is 15.8 Å². The molecule has 6 heteroatoms. The predicted octanol–water partition coefficient (Wildman–Crippen LogP) is 0.640. The molecule has 1 aromatic rings. The van der Waals surface area contributed by atoms with Crippen LogP contribution in [0.2, 0.25) is 0 Å². The molecule has 1 amide bonds. The van der Waals surface area contributed by atoms with Crippen molar-refractivity contribution >= 4 is 11.6 Å². The Labute approximate surface area is 101 Å². The molecule has 1 heterocycles. The van der Waals surface area contributed by atoms with Crippen molar-refractivity contribution < 1.29 is 9.53 Å². The van der Waals surface area contributed by atoms with Crippen molar-refractivity contribution in [2.75, 3.05) is 18.9 Å². The molecular weight excluding hydrogens is 220 g/mol. The standard InChI is InChI=1S/C11H20N4O2/c1-4-15-10(9(12)6-13-15)11(16)14-8(3)7-17-5-2/h6,8H,4-5,7,12H2,1-3H3,(H,14,16). The second-order valence-corrected chi connectivity index (χ2v) is 3.80. The maximum Gasteiger partial charge on any atom is 0.271 e. The number of hydrogen-bond acceptors (Lipinski definition) is 4. The topological polar surface area (TPSA) is 82.2 Å². The summed E-state index contributed by atoms with van der Waals surface area (Å²) < 4.78 is 6.81. The van der Waals surface area contributed by atoms with Gasteiger partial charge in [0, 0.05) is 19.2 Å². The number of nitrogen functional groups attached to an aromatic ring is 1. The molecule has 0 radical (unpaired) electrons. The molecular formula is C11H20N4O2. The van der Waals surface area contributed by atoms with Crippen LogP contribution in [0.15, 0.2) is 6.20 Å². The molecule has 0 aromatic carbocycles. The van der Waals surface area contributed by atoms with Crippen molar-refractivity contribution in [3.8, 4) is 0 Å². The van der Waals surface area contributed by atoms with E-state index in [-0.39, 0.29) is 11.9 Å². The van der Waals surface area contributed by atoms with Crippen molar-refractivity contribution in [1.29, 1.82) is 0 Å². The second-order valence-electron chi connectivity index (χ2n) is 3.80. The summed E-state index contributed by atoms with van der Waals surface area (Å²) in [7, 11) is 0. The monoisotopic (exact) mass is 240 g/mol. The third kappa shape index (κ3) is 3.45. The Morgan fingerprint density at radius 3 is 2.94 bits per heavy atom. The summed E-state index contributed by atoms with van der Waals surface area (Å²) in [6, 6.07) is -0.0537. The van der Waals surface area contributed by atoms with Crippen LogP contribution in [0.1, 0.15) is 31.3 Å². The number of hydrogen-bond donors (Lipinski definition) is 2. The second kappa shape index (κ2) is 6.24. The third-order valence-electron chi connectivity index (χ3n) is 2.33. The molecule has 0 saturated carbocycles. The Bertz CT molecular complexity index is 376. The molecule has 0 fully saturated rings. The molecule has 6 nitrogen and oxygen atoms in total. The molecule has 0 bridgehead atoms. The van der Waals surface area contributed by atoms with E-state index in [1.54, 1.807) is 4.68 Å². The number of carbonyl (C=O) groups is 1. The minimum absolute atomic E-state index is 0.0537. The first kappa shape index (κ1) is 13.5. The molecule has 1 aromatic heterocycles. The maximum absolute atomic E-state index is 12.0. The molecule has 0 aliphatic rings. The fraction of sp³-hybridized carbons (Fsp3) is 0.636. The summed E-state index contributed by atoms with van der Waals surface area (Å²) in [5.41, 5.74) is 6.53. The van der Waals surface area contributed by atoms with E-state index in [1.807, 2.05) is 20.8 Å². The lowest BCUT2D eigenvalue weighted by Crippen LogP contribution is -2.37. The predicted molar refractivity (Wildman–Crippen MR) is 65.7 cm³/mol. The number of carbonyl (C=O) groups excluding carboxylic acids is 1. The summed E-state index contributed by atoms with van der Waals surface area (Å²) in [6.07, 6.45) is 1.49. The van der Waals surface area contributed by atoms with Crippen molar-refractivity contribution in [2.45, 2.75) is 33.4 Å². The lowest BCUT2D eigenvalue weighted by Gasteiger charge is -2.14. The summed E-state index contributed by atoms with van der Waals surface area (Å²) in [4.78, 5) is 12.0. The van der Waals surface area contributed by atoms with E-state index < -0.39 is 0 Å². The van der Waals surface area contributed by atoms with Crippen LogP contribution in [0.5, 0.6) is 0 Å². The fourth-order valence-corrected chi connectivity index (χ4v) is 1.52. The fourth-order valence-electron chi connectivity index (χ4n) is 1.52. The zero-order valence-electron chi connectivity index (χ0n) is 10.6. The first-order valence-corrected chi connectivity index (χ1v) is 5.80. The van der Waals surface area contributed by atoms with E-state index >= 15 is 0 Å². The zero-order chi connectivity index (χ0) is 12.8. The van der Waals surface area contributed by atoms with Crippen LogP contribution in [0.3, 0.4) is 0 Å². The van der Waals surface area contributed by atoms with Gasteiger partial charge in [0.1, 0.15) is 5.69 Å². The van der Waals surface area contributed by atoms with E-state index in [9.17, 15) is 4.79 Å². The SMILES string of the molecule is CCOCC(C)NC(=O)c1c(N)cnn1CC. The van der Waals surface area contributed by atoms with Crippen LogP contribution < -0.4 is 11.1 Å². The molecule has 1 rings (SSSR count). The zero-order valence-corrected chi connectivity index (χ0v) is 10.6. The normalized spacial score (nSPS) is 12.4. The maximum atomic E-state index is 12.0. The smallest absolute Gasteiger partial charge is 0.271 e. The first-order valence-electron chi connectivity index (χ1n) is 5.80. The highest BCUT2D eigenvalue weighted by Crippen LogP contribution is 2.10. The van der Waals surface area contributed by atoms with E-state index in [2.05, 4.69) is 10.4 Å². The van der Waals surface area contributed by atoms with Crippen molar-refractivity contribution in [2.24, 2.45) is 0 Å². The number of nitrogens with one attached hydrogen (secondary N) is 1. The van der Waals surface area contributed by atoms with Crippen molar-refractivity contribution in [3.63, 3.8) is 0 Å². The Kier molecular flexibility index (Phi) is 4.96. The average molecular weight is 240 g/mol. The molecule has 17 heavy (non-hydrogen) atoms. The highest BCUT2D eigenvalue weighted by Gasteiger charge is 2.17. The van der Waals surface area contributed by atoms with Gasteiger partial charge in [-0.05, 0) is 20.8 Å². The van der Waals surface area contributed by atoms with Crippen LogP contribution in [0.4, 0.5) is 5.69 Å². The number of amides is 1. The van der Waals surface area contributed by atoms with Gasteiger partial charge in [0.05, 0.1) is 18.5 Å². The van der Waals surface area contributed by atoms with Gasteiger partial charge in [-0.2, -0.15) is 5.10 Å². The van der Waals surface area contributed by atoms with E-state index in [1.165, 1.54) is 6.20 Å². The van der Waals surface area contributed by atoms with Gasteiger partial charge in [-0.15, -0.1) is 0 Å². The van der Waals surface area contributed by atoms with Gasteiger partial charge in [-0.25, -0.2) is 0 Å². The average Bonchev–Trinajstić information content (AvgIpc) is 2.67. The van der Waals surface area contributed by atoms with Crippen LogP contribution in [0, 0.1) is 0 Å². The van der Waals surface area contributed by atoms with Gasteiger partial charge in [-0.3, -0.25) is 9.48 Å². The Morgan fingerprint density at radius 2 is 2.35 bits per heavy atom. The van der Waals surface area contributed by atoms with E-state index in [0.29, 0.717) is 31.1 Å². The summed E-state index contributed by atoms with van der Waals surface area (Å²) in [6.45, 7) is 7.44. The number of anilines is 1. The quantitative estimate of drug-likeness (QED) is 0.764. The number of nitrogens with zero attached hydrogens (tertiary/aromatic N) is 2. The molecule has 0 aliphatic carbocycles. The summed E-state index contributed by atoms with van der Waals surface area (Å²) in [5.74, 6) is -0.214. The van der Waals surface area contributed by atoms with Gasteiger partial charge >= 0.3 is 0 Å². The number of aryl methyl sites for hydroxylation is 1. The van der Waals surface area contributed by atoms with E-state index in [0.717, 1.165) is 0 Å².